The Kier molecular flexibility index (Phi) is 5.56. The molecule has 3 nitrogen and oxygen atoms in total. The molecule has 0 saturated carbocycles. The zero-order valence-electron chi connectivity index (χ0n) is 12.2. The number of hydrogen-bond acceptors (Lipinski definition) is 2. The van der Waals surface area contributed by atoms with Gasteiger partial charge in [0.2, 0.25) is 0 Å². The Balaban J connectivity index is 1.79. The number of halogens is 1. The lowest BCUT2D eigenvalue weighted by Crippen LogP contribution is -2.24. The molecule has 1 N–H and O–H groups in total. The van der Waals surface area contributed by atoms with E-state index in [0.29, 0.717) is 5.56 Å². The number of hydrogen-bond donors (Lipinski definition) is 1. The van der Waals surface area contributed by atoms with E-state index < -0.39 is 6.09 Å². The van der Waals surface area contributed by atoms with Gasteiger partial charge in [-0.1, -0.05) is 54.3 Å². The zero-order valence-corrected chi connectivity index (χ0v) is 12.2. The van der Waals surface area contributed by atoms with Crippen LogP contribution in [-0.4, -0.2) is 12.6 Å². The van der Waals surface area contributed by atoms with E-state index in [0.717, 1.165) is 11.1 Å². The first-order chi connectivity index (χ1) is 10.7. The van der Waals surface area contributed by atoms with Crippen molar-refractivity contribution in [2.75, 3.05) is 6.54 Å². The maximum absolute atomic E-state index is 13.5. The topological polar surface area (TPSA) is 38.3 Å². The number of aryl methyl sites for hydroxylation is 1. The van der Waals surface area contributed by atoms with Crippen molar-refractivity contribution in [3.05, 3.63) is 71.0 Å². The van der Waals surface area contributed by atoms with Gasteiger partial charge < -0.3 is 10.1 Å². The van der Waals surface area contributed by atoms with E-state index in [2.05, 4.69) is 17.2 Å². The lowest BCUT2D eigenvalue weighted by atomic mass is 10.1. The first-order valence-electron chi connectivity index (χ1n) is 6.85. The predicted octanol–water partition coefficient (Wildman–Crippen LogP) is 3.41. The molecule has 22 heavy (non-hydrogen) atoms. The third kappa shape index (κ3) is 4.64. The third-order valence-corrected chi connectivity index (χ3v) is 2.97. The Morgan fingerprint density at radius 2 is 1.95 bits per heavy atom. The molecule has 0 fully saturated rings. The molecule has 0 unspecified atom stereocenters. The summed E-state index contributed by atoms with van der Waals surface area (Å²) < 4.78 is 18.6. The third-order valence-electron chi connectivity index (χ3n) is 2.97. The van der Waals surface area contributed by atoms with E-state index in [-0.39, 0.29) is 19.0 Å². The van der Waals surface area contributed by atoms with Crippen molar-refractivity contribution >= 4 is 6.09 Å². The van der Waals surface area contributed by atoms with Gasteiger partial charge in [0.1, 0.15) is 12.4 Å². The van der Waals surface area contributed by atoms with Gasteiger partial charge in [-0.3, -0.25) is 0 Å². The molecule has 0 bridgehead atoms. The molecule has 2 aromatic rings. The molecule has 0 aromatic heterocycles. The maximum atomic E-state index is 13.5. The molecule has 112 valence electrons. The minimum absolute atomic E-state index is 0.0986. The summed E-state index contributed by atoms with van der Waals surface area (Å²) in [5, 5.41) is 2.50. The minimum atomic E-state index is -0.552. The lowest BCUT2D eigenvalue weighted by Gasteiger charge is -2.04. The van der Waals surface area contributed by atoms with Gasteiger partial charge in [-0.2, -0.15) is 0 Å². The Labute approximate surface area is 129 Å². The number of alkyl carbamates (subject to hydrolysis) is 1. The Morgan fingerprint density at radius 3 is 2.68 bits per heavy atom. The Hall–Kier alpha value is -2.80. The van der Waals surface area contributed by atoms with Crippen LogP contribution in [0, 0.1) is 24.6 Å². The van der Waals surface area contributed by atoms with Gasteiger partial charge in [0.25, 0.3) is 0 Å². The average molecular weight is 297 g/mol. The molecule has 4 heteroatoms. The Morgan fingerprint density at radius 1 is 1.18 bits per heavy atom. The van der Waals surface area contributed by atoms with Gasteiger partial charge in [0.15, 0.2) is 0 Å². The number of ether oxygens (including phenoxy) is 1. The van der Waals surface area contributed by atoms with E-state index in [9.17, 15) is 9.18 Å². The second-order valence-electron chi connectivity index (χ2n) is 4.65. The van der Waals surface area contributed by atoms with Crippen LogP contribution in [0.5, 0.6) is 0 Å². The van der Waals surface area contributed by atoms with E-state index in [4.69, 9.17) is 4.74 Å². The molecular formula is C18H16FNO2. The van der Waals surface area contributed by atoms with Crippen LogP contribution in [0.15, 0.2) is 48.5 Å². The van der Waals surface area contributed by atoms with Gasteiger partial charge in [0.05, 0.1) is 12.1 Å². The molecule has 0 atom stereocenters. The zero-order chi connectivity index (χ0) is 15.8. The summed E-state index contributed by atoms with van der Waals surface area (Å²) in [5.41, 5.74) is 2.02. The maximum Gasteiger partial charge on any atom is 0.408 e. The standard InChI is InChI=1S/C18H16FNO2/c1-14-7-5-11-17(19)16(14)10-6-12-20-18(21)22-13-15-8-3-2-4-9-15/h2-5,7-9,11H,12-13H2,1H3,(H,20,21). The van der Waals surface area contributed by atoms with Crippen molar-refractivity contribution in [3.8, 4) is 11.8 Å². The highest BCUT2D eigenvalue weighted by atomic mass is 19.1. The van der Waals surface area contributed by atoms with E-state index in [1.54, 1.807) is 19.1 Å². The molecule has 0 aliphatic carbocycles. The van der Waals surface area contributed by atoms with E-state index in [1.807, 2.05) is 30.3 Å². The summed E-state index contributed by atoms with van der Waals surface area (Å²) in [7, 11) is 0. The highest BCUT2D eigenvalue weighted by Gasteiger charge is 2.02. The second-order valence-corrected chi connectivity index (χ2v) is 4.65. The van der Waals surface area contributed by atoms with Crippen molar-refractivity contribution < 1.29 is 13.9 Å². The molecule has 0 spiro atoms. The minimum Gasteiger partial charge on any atom is -0.445 e. The molecular weight excluding hydrogens is 281 g/mol. The van der Waals surface area contributed by atoms with Crippen LogP contribution in [-0.2, 0) is 11.3 Å². The fourth-order valence-corrected chi connectivity index (χ4v) is 1.81. The first kappa shape index (κ1) is 15.6. The van der Waals surface area contributed by atoms with E-state index in [1.165, 1.54) is 6.07 Å². The van der Waals surface area contributed by atoms with Crippen LogP contribution in [0.3, 0.4) is 0 Å². The molecule has 0 aliphatic heterocycles. The van der Waals surface area contributed by atoms with Crippen LogP contribution in [0.1, 0.15) is 16.7 Å². The van der Waals surface area contributed by atoms with Gasteiger partial charge >= 0.3 is 6.09 Å². The number of rotatable bonds is 3. The highest BCUT2D eigenvalue weighted by Crippen LogP contribution is 2.10. The van der Waals surface area contributed by atoms with Gasteiger partial charge in [-0.05, 0) is 24.1 Å². The Bertz CT molecular complexity index is 682. The SMILES string of the molecule is Cc1cccc(F)c1C#CCNC(=O)OCc1ccccc1. The molecule has 2 rings (SSSR count). The lowest BCUT2D eigenvalue weighted by molar-refractivity contribution is 0.141. The van der Waals surface area contributed by atoms with Crippen molar-refractivity contribution in [1.29, 1.82) is 0 Å². The predicted molar refractivity (Wildman–Crippen MR) is 82.6 cm³/mol. The summed E-state index contributed by atoms with van der Waals surface area (Å²) in [4.78, 5) is 11.5. The molecule has 0 radical (unpaired) electrons. The molecule has 0 heterocycles. The molecule has 2 aromatic carbocycles. The second kappa shape index (κ2) is 7.84. The number of carbonyl (C=O) groups is 1. The smallest absolute Gasteiger partial charge is 0.408 e. The van der Waals surface area contributed by atoms with Crippen LogP contribution in [0.25, 0.3) is 0 Å². The van der Waals surface area contributed by atoms with E-state index >= 15 is 0 Å². The van der Waals surface area contributed by atoms with Crippen molar-refractivity contribution in [1.82, 2.24) is 5.32 Å². The summed E-state index contributed by atoms with van der Waals surface area (Å²) in [6, 6.07) is 14.2. The van der Waals surface area contributed by atoms with Crippen LogP contribution in [0.2, 0.25) is 0 Å². The quantitative estimate of drug-likeness (QED) is 0.882. The highest BCUT2D eigenvalue weighted by molar-refractivity contribution is 5.67. The van der Waals surface area contributed by atoms with Crippen molar-refractivity contribution in [2.45, 2.75) is 13.5 Å². The summed E-state index contributed by atoms with van der Waals surface area (Å²) in [5.74, 6) is 5.06. The summed E-state index contributed by atoms with van der Waals surface area (Å²) in [6.45, 7) is 2.09. The monoisotopic (exact) mass is 297 g/mol. The van der Waals surface area contributed by atoms with Crippen LogP contribution in [0.4, 0.5) is 9.18 Å². The average Bonchev–Trinajstić information content (AvgIpc) is 2.53. The molecule has 0 aliphatic rings. The molecule has 0 saturated heterocycles. The van der Waals surface area contributed by atoms with Gasteiger partial charge in [0, 0.05) is 0 Å². The number of amides is 1. The summed E-state index contributed by atoms with van der Waals surface area (Å²) in [6.07, 6.45) is -0.552. The molecule has 1 amide bonds. The number of nitrogens with one attached hydrogen (secondary N) is 1. The van der Waals surface area contributed by atoms with Crippen LogP contribution < -0.4 is 5.32 Å². The van der Waals surface area contributed by atoms with Crippen molar-refractivity contribution in [3.63, 3.8) is 0 Å². The van der Waals surface area contributed by atoms with Gasteiger partial charge in [-0.15, -0.1) is 0 Å². The normalized spacial score (nSPS) is 9.55. The largest absolute Gasteiger partial charge is 0.445 e. The van der Waals surface area contributed by atoms with Gasteiger partial charge in [-0.25, -0.2) is 9.18 Å². The summed E-state index contributed by atoms with van der Waals surface area (Å²) >= 11 is 0. The number of benzene rings is 2. The fraction of sp³-hybridized carbons (Fsp3) is 0.167. The fourth-order valence-electron chi connectivity index (χ4n) is 1.81. The number of carbonyl (C=O) groups excluding carboxylic acids is 1. The first-order valence-corrected chi connectivity index (χ1v) is 6.85. The van der Waals surface area contributed by atoms with Crippen molar-refractivity contribution in [2.24, 2.45) is 0 Å². The van der Waals surface area contributed by atoms with Crippen LogP contribution >= 0.6 is 0 Å².